The Labute approximate surface area is 148 Å². The molecule has 1 unspecified atom stereocenters. The van der Waals surface area contributed by atoms with Crippen LogP contribution < -0.4 is 15.8 Å². The summed E-state index contributed by atoms with van der Waals surface area (Å²) in [4.78, 5) is 26.1. The summed E-state index contributed by atoms with van der Waals surface area (Å²) >= 11 is 3.41. The van der Waals surface area contributed by atoms with Gasteiger partial charge < -0.3 is 10.2 Å². The number of amides is 1. The van der Waals surface area contributed by atoms with Gasteiger partial charge in [-0.2, -0.15) is 5.10 Å². The number of carbonyl (C=O) groups is 1. The molecule has 126 valence electrons. The Balaban J connectivity index is 1.69. The Morgan fingerprint density at radius 1 is 1.33 bits per heavy atom. The maximum absolute atomic E-state index is 12.5. The van der Waals surface area contributed by atoms with Crippen LogP contribution in [0.5, 0.6) is 0 Å². The lowest BCUT2D eigenvalue weighted by Gasteiger charge is -2.32. The van der Waals surface area contributed by atoms with Gasteiger partial charge in [0, 0.05) is 36.4 Å². The number of benzene rings is 1. The van der Waals surface area contributed by atoms with E-state index in [2.05, 4.69) is 31.2 Å². The fraction of sp³-hybridized carbons (Fsp3) is 0.353. The molecule has 1 aliphatic rings. The molecular weight excluding hydrogens is 372 g/mol. The Morgan fingerprint density at radius 3 is 2.92 bits per heavy atom. The summed E-state index contributed by atoms with van der Waals surface area (Å²) in [7, 11) is 1.63. The van der Waals surface area contributed by atoms with Gasteiger partial charge in [-0.05, 0) is 37.1 Å². The molecule has 0 aliphatic carbocycles. The number of aryl methyl sites for hydroxylation is 1. The van der Waals surface area contributed by atoms with Gasteiger partial charge in [0.1, 0.15) is 5.82 Å². The highest BCUT2D eigenvalue weighted by Crippen LogP contribution is 2.23. The molecular formula is C17H19BrN4O2. The smallest absolute Gasteiger partial charge is 0.266 e. The molecule has 1 aliphatic heterocycles. The van der Waals surface area contributed by atoms with Gasteiger partial charge in [-0.3, -0.25) is 9.59 Å². The first-order chi connectivity index (χ1) is 11.5. The highest BCUT2D eigenvalue weighted by Gasteiger charge is 2.26. The van der Waals surface area contributed by atoms with E-state index < -0.39 is 0 Å². The van der Waals surface area contributed by atoms with E-state index in [0.717, 1.165) is 35.4 Å². The van der Waals surface area contributed by atoms with Crippen LogP contribution in [0.4, 0.5) is 11.5 Å². The zero-order valence-corrected chi connectivity index (χ0v) is 15.0. The third-order valence-corrected chi connectivity index (χ3v) is 4.65. The van der Waals surface area contributed by atoms with Crippen LogP contribution in [0.2, 0.25) is 0 Å². The SMILES string of the molecule is Cn1nc(N2CCCC(C(=O)Nc3cccc(Br)c3)C2)ccc1=O. The van der Waals surface area contributed by atoms with Gasteiger partial charge in [0.25, 0.3) is 5.56 Å². The lowest BCUT2D eigenvalue weighted by atomic mass is 9.97. The van der Waals surface area contributed by atoms with Crippen molar-refractivity contribution in [2.24, 2.45) is 13.0 Å². The average molecular weight is 391 g/mol. The molecule has 0 spiro atoms. The molecule has 3 rings (SSSR count). The molecule has 6 nitrogen and oxygen atoms in total. The summed E-state index contributed by atoms with van der Waals surface area (Å²) in [5.41, 5.74) is 0.645. The number of piperidine rings is 1. The van der Waals surface area contributed by atoms with Gasteiger partial charge in [-0.25, -0.2) is 4.68 Å². The summed E-state index contributed by atoms with van der Waals surface area (Å²) in [5, 5.41) is 7.25. The van der Waals surface area contributed by atoms with E-state index in [-0.39, 0.29) is 17.4 Å². The standard InChI is InChI=1S/C17H19BrN4O2/c1-21-16(23)8-7-15(20-21)22-9-3-4-12(11-22)17(24)19-14-6-2-5-13(18)10-14/h2,5-8,10,12H,3-4,9,11H2,1H3,(H,19,24). The van der Waals surface area contributed by atoms with E-state index in [9.17, 15) is 9.59 Å². The van der Waals surface area contributed by atoms with Crippen LogP contribution in [-0.2, 0) is 11.8 Å². The van der Waals surface area contributed by atoms with Crippen LogP contribution in [0.25, 0.3) is 0 Å². The summed E-state index contributed by atoms with van der Waals surface area (Å²) in [6, 6.07) is 10.8. The monoisotopic (exact) mass is 390 g/mol. The number of anilines is 2. The van der Waals surface area contributed by atoms with Gasteiger partial charge in [0.05, 0.1) is 5.92 Å². The van der Waals surface area contributed by atoms with Crippen LogP contribution in [0.3, 0.4) is 0 Å². The first kappa shape index (κ1) is 16.7. The number of hydrogen-bond donors (Lipinski definition) is 1. The Hall–Kier alpha value is -2.15. The van der Waals surface area contributed by atoms with E-state index in [4.69, 9.17) is 0 Å². The second-order valence-corrected chi connectivity index (χ2v) is 6.85. The Morgan fingerprint density at radius 2 is 2.17 bits per heavy atom. The average Bonchev–Trinajstić information content (AvgIpc) is 2.57. The van der Waals surface area contributed by atoms with Gasteiger partial charge >= 0.3 is 0 Å². The normalized spacial score (nSPS) is 17.6. The van der Waals surface area contributed by atoms with E-state index in [1.54, 1.807) is 13.1 Å². The van der Waals surface area contributed by atoms with Crippen molar-refractivity contribution in [3.8, 4) is 0 Å². The molecule has 0 saturated carbocycles. The molecule has 2 heterocycles. The third kappa shape index (κ3) is 3.84. The van der Waals surface area contributed by atoms with Crippen LogP contribution in [0.1, 0.15) is 12.8 Å². The summed E-state index contributed by atoms with van der Waals surface area (Å²) in [5.74, 6) is 0.649. The summed E-state index contributed by atoms with van der Waals surface area (Å²) < 4.78 is 2.25. The zero-order chi connectivity index (χ0) is 17.1. The fourth-order valence-electron chi connectivity index (χ4n) is 2.87. The molecule has 0 radical (unpaired) electrons. The molecule has 1 amide bonds. The second-order valence-electron chi connectivity index (χ2n) is 5.94. The quantitative estimate of drug-likeness (QED) is 0.873. The molecule has 1 atom stereocenters. The molecule has 1 fully saturated rings. The Bertz CT molecular complexity index is 805. The molecule has 1 aromatic carbocycles. The maximum atomic E-state index is 12.5. The van der Waals surface area contributed by atoms with Gasteiger partial charge in [0.15, 0.2) is 0 Å². The topological polar surface area (TPSA) is 67.2 Å². The van der Waals surface area contributed by atoms with E-state index in [1.807, 2.05) is 24.3 Å². The minimum Gasteiger partial charge on any atom is -0.354 e. The maximum Gasteiger partial charge on any atom is 0.266 e. The van der Waals surface area contributed by atoms with Crippen molar-refractivity contribution < 1.29 is 4.79 Å². The predicted octanol–water partition coefficient (Wildman–Crippen LogP) is 2.40. The van der Waals surface area contributed by atoms with Crippen molar-refractivity contribution in [2.75, 3.05) is 23.3 Å². The minimum absolute atomic E-state index is 0.0163. The molecule has 1 N–H and O–H groups in total. The lowest BCUT2D eigenvalue weighted by molar-refractivity contribution is -0.120. The first-order valence-electron chi connectivity index (χ1n) is 7.88. The Kier molecular flexibility index (Phi) is 4.99. The number of aromatic nitrogens is 2. The zero-order valence-electron chi connectivity index (χ0n) is 13.4. The van der Waals surface area contributed by atoms with Crippen LogP contribution in [-0.4, -0.2) is 28.8 Å². The number of carbonyl (C=O) groups excluding carboxylic acids is 1. The molecule has 7 heteroatoms. The summed E-state index contributed by atoms with van der Waals surface area (Å²) in [6.45, 7) is 1.44. The second kappa shape index (κ2) is 7.17. The number of hydrogen-bond acceptors (Lipinski definition) is 4. The number of nitrogens with zero attached hydrogens (tertiary/aromatic N) is 3. The predicted molar refractivity (Wildman–Crippen MR) is 97.2 cm³/mol. The van der Waals surface area contributed by atoms with Gasteiger partial charge in [-0.15, -0.1) is 0 Å². The van der Waals surface area contributed by atoms with Crippen molar-refractivity contribution in [2.45, 2.75) is 12.8 Å². The highest BCUT2D eigenvalue weighted by atomic mass is 79.9. The van der Waals surface area contributed by atoms with Crippen molar-refractivity contribution in [1.29, 1.82) is 0 Å². The van der Waals surface area contributed by atoms with Gasteiger partial charge in [-0.1, -0.05) is 22.0 Å². The largest absolute Gasteiger partial charge is 0.354 e. The van der Waals surface area contributed by atoms with Gasteiger partial charge in [0.2, 0.25) is 5.91 Å². The van der Waals surface area contributed by atoms with E-state index in [0.29, 0.717) is 6.54 Å². The van der Waals surface area contributed by atoms with Crippen molar-refractivity contribution >= 4 is 33.3 Å². The van der Waals surface area contributed by atoms with E-state index in [1.165, 1.54) is 10.7 Å². The lowest BCUT2D eigenvalue weighted by Crippen LogP contribution is -2.41. The molecule has 24 heavy (non-hydrogen) atoms. The van der Waals surface area contributed by atoms with E-state index >= 15 is 0 Å². The van der Waals surface area contributed by atoms with Crippen LogP contribution in [0.15, 0.2) is 45.7 Å². The molecule has 2 aromatic rings. The van der Waals surface area contributed by atoms with Crippen LogP contribution >= 0.6 is 15.9 Å². The van der Waals surface area contributed by atoms with Crippen LogP contribution in [0, 0.1) is 5.92 Å². The summed E-state index contributed by atoms with van der Waals surface area (Å²) in [6.07, 6.45) is 1.77. The van der Waals surface area contributed by atoms with Crippen molar-refractivity contribution in [3.05, 3.63) is 51.2 Å². The minimum atomic E-state index is -0.139. The molecule has 0 bridgehead atoms. The number of nitrogens with one attached hydrogen (secondary N) is 1. The number of halogens is 1. The van der Waals surface area contributed by atoms with Crippen molar-refractivity contribution in [1.82, 2.24) is 9.78 Å². The highest BCUT2D eigenvalue weighted by molar-refractivity contribution is 9.10. The molecule has 1 aromatic heterocycles. The number of rotatable bonds is 3. The first-order valence-corrected chi connectivity index (χ1v) is 8.68. The molecule has 1 saturated heterocycles. The third-order valence-electron chi connectivity index (χ3n) is 4.15. The fourth-order valence-corrected chi connectivity index (χ4v) is 3.27. The van der Waals surface area contributed by atoms with Crippen molar-refractivity contribution in [3.63, 3.8) is 0 Å².